The van der Waals surface area contributed by atoms with Crippen LogP contribution in [0.3, 0.4) is 0 Å². The fourth-order valence-electron chi connectivity index (χ4n) is 5.54. The first-order chi connectivity index (χ1) is 18.9. The van der Waals surface area contributed by atoms with Crippen LogP contribution in [0.1, 0.15) is 53.7 Å². The number of aromatic nitrogens is 1. The number of rotatable bonds is 8. The number of nitrogens with one attached hydrogen (secondary N) is 1. The Hall–Kier alpha value is -2.78. The summed E-state index contributed by atoms with van der Waals surface area (Å²) in [5.41, 5.74) is 11.2. The van der Waals surface area contributed by atoms with E-state index in [2.05, 4.69) is 98.5 Å². The quantitative estimate of drug-likeness (QED) is 0.371. The first-order valence-corrected chi connectivity index (χ1v) is 14.6. The van der Waals surface area contributed by atoms with Gasteiger partial charge >= 0.3 is 0 Å². The van der Waals surface area contributed by atoms with Gasteiger partial charge in [0.25, 0.3) is 5.91 Å². The van der Waals surface area contributed by atoms with Crippen molar-refractivity contribution < 1.29 is 9.53 Å². The molecule has 1 aromatic heterocycles. The summed E-state index contributed by atoms with van der Waals surface area (Å²) in [7, 11) is 2.19. The number of nitrogen functional groups attached to an aromatic ring is 1. The Bertz CT molecular complexity index is 1260. The van der Waals surface area contributed by atoms with Gasteiger partial charge in [-0.1, -0.05) is 48.5 Å². The van der Waals surface area contributed by atoms with Crippen molar-refractivity contribution in [1.29, 1.82) is 0 Å². The lowest BCUT2D eigenvalue weighted by atomic mass is 9.99. The van der Waals surface area contributed by atoms with Gasteiger partial charge in [-0.05, 0) is 77.5 Å². The molecule has 1 saturated carbocycles. The maximum atomic E-state index is 12.8. The zero-order valence-electron chi connectivity index (χ0n) is 22.8. The molecule has 206 valence electrons. The third kappa shape index (κ3) is 6.87. The SMILES string of the molecule is CC(c1ccc(-c2ccc(CO[C@H]3CCC[C@@H]3NC(=O)c3cc(Br)cnc3N)cc2)cc1)N1CCN(C)CC1. The van der Waals surface area contributed by atoms with E-state index >= 15 is 0 Å². The maximum Gasteiger partial charge on any atom is 0.255 e. The minimum Gasteiger partial charge on any atom is -0.383 e. The number of nitrogens with two attached hydrogens (primary N) is 1. The van der Waals surface area contributed by atoms with E-state index in [0.717, 1.165) is 55.5 Å². The number of halogens is 1. The van der Waals surface area contributed by atoms with Gasteiger partial charge in [-0.3, -0.25) is 9.69 Å². The summed E-state index contributed by atoms with van der Waals surface area (Å²) < 4.78 is 6.99. The van der Waals surface area contributed by atoms with E-state index in [0.29, 0.717) is 18.2 Å². The third-order valence-electron chi connectivity index (χ3n) is 8.13. The number of carbonyl (C=O) groups is 1. The van der Waals surface area contributed by atoms with Crippen molar-refractivity contribution in [1.82, 2.24) is 20.1 Å². The van der Waals surface area contributed by atoms with Crippen LogP contribution in [0.15, 0.2) is 65.3 Å². The predicted molar refractivity (Wildman–Crippen MR) is 159 cm³/mol. The normalized spacial score (nSPS) is 21.1. The minimum atomic E-state index is -0.213. The van der Waals surface area contributed by atoms with Crippen LogP contribution in [-0.2, 0) is 11.3 Å². The highest BCUT2D eigenvalue weighted by Gasteiger charge is 2.30. The molecule has 3 N–H and O–H groups in total. The van der Waals surface area contributed by atoms with E-state index in [4.69, 9.17) is 10.5 Å². The third-order valence-corrected chi connectivity index (χ3v) is 8.56. The van der Waals surface area contributed by atoms with Gasteiger partial charge in [0.1, 0.15) is 5.82 Å². The number of anilines is 1. The molecule has 1 aliphatic carbocycles. The Morgan fingerprint density at radius 1 is 1.08 bits per heavy atom. The van der Waals surface area contributed by atoms with E-state index in [-0.39, 0.29) is 23.9 Å². The summed E-state index contributed by atoms with van der Waals surface area (Å²) in [6, 6.07) is 19.7. The van der Waals surface area contributed by atoms with Crippen LogP contribution in [0, 0.1) is 0 Å². The Morgan fingerprint density at radius 3 is 2.44 bits per heavy atom. The highest BCUT2D eigenvalue weighted by molar-refractivity contribution is 9.10. The van der Waals surface area contributed by atoms with Crippen LogP contribution in [-0.4, -0.2) is 66.1 Å². The number of likely N-dealkylation sites (N-methyl/N-ethyl adjacent to an activating group) is 1. The van der Waals surface area contributed by atoms with E-state index in [1.54, 1.807) is 12.3 Å². The largest absolute Gasteiger partial charge is 0.383 e. The van der Waals surface area contributed by atoms with E-state index in [9.17, 15) is 4.79 Å². The number of piperazine rings is 1. The Morgan fingerprint density at radius 2 is 1.74 bits per heavy atom. The summed E-state index contributed by atoms with van der Waals surface area (Å²) in [4.78, 5) is 21.8. The average Bonchev–Trinajstić information content (AvgIpc) is 3.40. The molecule has 2 aromatic carbocycles. The molecule has 39 heavy (non-hydrogen) atoms. The minimum absolute atomic E-state index is 0.0233. The molecule has 5 rings (SSSR count). The first-order valence-electron chi connectivity index (χ1n) is 13.8. The Kier molecular flexibility index (Phi) is 8.97. The standard InChI is InChI=1S/C31H38BrN5O2/c1-21(37-16-14-36(2)15-17-37)23-10-12-25(13-11-23)24-8-6-22(7-9-24)20-39-29-5-3-4-28(29)35-31(38)27-18-26(32)19-34-30(27)33/h6-13,18-19,21,28-29H,3-5,14-17,20H2,1-2H3,(H2,33,34)(H,35,38)/t21?,28-,29-/m0/s1. The second-order valence-corrected chi connectivity index (χ2v) is 11.7. The number of ether oxygens (including phenoxy) is 1. The Balaban J connectivity index is 1.14. The van der Waals surface area contributed by atoms with Gasteiger partial charge in [0.05, 0.1) is 24.3 Å². The number of hydrogen-bond acceptors (Lipinski definition) is 6. The number of pyridine rings is 1. The summed E-state index contributed by atoms with van der Waals surface area (Å²) in [5, 5.41) is 3.11. The van der Waals surface area contributed by atoms with Crippen LogP contribution in [0.2, 0.25) is 0 Å². The smallest absolute Gasteiger partial charge is 0.255 e. The number of nitrogens with zero attached hydrogens (tertiary/aromatic N) is 3. The highest BCUT2D eigenvalue weighted by atomic mass is 79.9. The molecule has 3 atom stereocenters. The van der Waals surface area contributed by atoms with Crippen molar-refractivity contribution in [2.75, 3.05) is 39.0 Å². The van der Waals surface area contributed by atoms with Gasteiger partial charge in [0.15, 0.2) is 0 Å². The van der Waals surface area contributed by atoms with Crippen LogP contribution in [0.25, 0.3) is 11.1 Å². The fraction of sp³-hybridized carbons (Fsp3) is 0.419. The maximum absolute atomic E-state index is 12.8. The molecule has 1 unspecified atom stereocenters. The molecular formula is C31H38BrN5O2. The van der Waals surface area contributed by atoms with Gasteiger partial charge in [-0.15, -0.1) is 0 Å². The van der Waals surface area contributed by atoms with E-state index in [1.807, 2.05) is 0 Å². The van der Waals surface area contributed by atoms with Crippen molar-refractivity contribution in [3.63, 3.8) is 0 Å². The molecule has 1 saturated heterocycles. The van der Waals surface area contributed by atoms with Crippen LogP contribution in [0.4, 0.5) is 5.82 Å². The molecule has 0 bridgehead atoms. The number of amides is 1. The number of benzene rings is 2. The molecular weight excluding hydrogens is 554 g/mol. The first kappa shape index (κ1) is 27.8. The fourth-order valence-corrected chi connectivity index (χ4v) is 5.87. The molecule has 0 radical (unpaired) electrons. The van der Waals surface area contributed by atoms with Gasteiger partial charge in [0, 0.05) is 42.9 Å². The zero-order valence-corrected chi connectivity index (χ0v) is 24.4. The van der Waals surface area contributed by atoms with Crippen molar-refractivity contribution in [3.05, 3.63) is 82.0 Å². The molecule has 2 aliphatic rings. The zero-order chi connectivity index (χ0) is 27.4. The molecule has 3 aromatic rings. The molecule has 2 fully saturated rings. The van der Waals surface area contributed by atoms with Gasteiger partial charge in [-0.2, -0.15) is 0 Å². The van der Waals surface area contributed by atoms with E-state index < -0.39 is 0 Å². The molecule has 0 spiro atoms. The molecule has 8 heteroatoms. The van der Waals surface area contributed by atoms with Crippen LogP contribution < -0.4 is 11.1 Å². The van der Waals surface area contributed by atoms with Gasteiger partial charge in [0.2, 0.25) is 0 Å². The van der Waals surface area contributed by atoms with Gasteiger partial charge in [-0.25, -0.2) is 4.98 Å². The second kappa shape index (κ2) is 12.6. The lowest BCUT2D eigenvalue weighted by molar-refractivity contribution is 0.0272. The molecule has 1 aliphatic heterocycles. The topological polar surface area (TPSA) is 83.7 Å². The lowest BCUT2D eigenvalue weighted by Gasteiger charge is -2.36. The van der Waals surface area contributed by atoms with Crippen molar-refractivity contribution in [2.45, 2.75) is 51.0 Å². The second-order valence-electron chi connectivity index (χ2n) is 10.8. The Labute approximate surface area is 239 Å². The predicted octanol–water partition coefficient (Wildman–Crippen LogP) is 5.27. The summed E-state index contributed by atoms with van der Waals surface area (Å²) in [6.07, 6.45) is 4.40. The molecule has 1 amide bonds. The molecule has 2 heterocycles. The highest BCUT2D eigenvalue weighted by Crippen LogP contribution is 2.27. The van der Waals surface area contributed by atoms with Crippen molar-refractivity contribution in [2.24, 2.45) is 0 Å². The van der Waals surface area contributed by atoms with Crippen molar-refractivity contribution in [3.8, 4) is 11.1 Å². The van der Waals surface area contributed by atoms with Crippen LogP contribution >= 0.6 is 15.9 Å². The summed E-state index contributed by atoms with van der Waals surface area (Å²) >= 11 is 3.36. The number of carbonyl (C=O) groups excluding carboxylic acids is 1. The monoisotopic (exact) mass is 591 g/mol. The average molecular weight is 593 g/mol. The summed E-state index contributed by atoms with van der Waals surface area (Å²) in [5.74, 6) is 0.0144. The van der Waals surface area contributed by atoms with Gasteiger partial charge < -0.3 is 20.7 Å². The number of hydrogen-bond donors (Lipinski definition) is 2. The van der Waals surface area contributed by atoms with Crippen molar-refractivity contribution >= 4 is 27.7 Å². The summed E-state index contributed by atoms with van der Waals surface area (Å²) in [6.45, 7) is 7.32. The van der Waals surface area contributed by atoms with E-state index in [1.165, 1.54) is 16.7 Å². The van der Waals surface area contributed by atoms with Crippen LogP contribution in [0.5, 0.6) is 0 Å². The lowest BCUT2D eigenvalue weighted by Crippen LogP contribution is -2.45. The molecule has 7 nitrogen and oxygen atoms in total.